The minimum absolute atomic E-state index is 0.540. The van der Waals surface area contributed by atoms with Crippen LogP contribution in [-0.2, 0) is 0 Å². The van der Waals surface area contributed by atoms with E-state index in [9.17, 15) is 9.59 Å². The molecule has 92 valence electrons. The molecule has 1 aromatic carbocycles. The summed E-state index contributed by atoms with van der Waals surface area (Å²) in [7, 11) is 0. The smallest absolute Gasteiger partial charge is 0.314 e. The van der Waals surface area contributed by atoms with Gasteiger partial charge in [-0.05, 0) is 41.5 Å². The summed E-state index contributed by atoms with van der Waals surface area (Å²) >= 11 is 0. The van der Waals surface area contributed by atoms with Crippen LogP contribution in [-0.4, -0.2) is 23.1 Å². The Bertz CT molecular complexity index is 696. The van der Waals surface area contributed by atoms with Crippen LogP contribution in [0.2, 0.25) is 0 Å². The van der Waals surface area contributed by atoms with Gasteiger partial charge in [0.05, 0.1) is 11.0 Å². The van der Waals surface area contributed by atoms with Crippen LogP contribution in [0.15, 0.2) is 21.7 Å². The summed E-state index contributed by atoms with van der Waals surface area (Å²) in [6.45, 7) is 2.01. The molecule has 2 heterocycles. The second-order valence-electron chi connectivity index (χ2n) is 5.22. The highest BCUT2D eigenvalue weighted by molar-refractivity contribution is 5.77. The molecule has 5 nitrogen and oxygen atoms in total. The van der Waals surface area contributed by atoms with Gasteiger partial charge in [-0.25, -0.2) is 0 Å². The van der Waals surface area contributed by atoms with Gasteiger partial charge in [0.2, 0.25) is 0 Å². The van der Waals surface area contributed by atoms with Crippen molar-refractivity contribution in [2.45, 2.75) is 18.3 Å². The lowest BCUT2D eigenvalue weighted by molar-refractivity contribution is 0.454. The van der Waals surface area contributed by atoms with E-state index >= 15 is 0 Å². The molecule has 3 N–H and O–H groups in total. The quantitative estimate of drug-likeness (QED) is 0.586. The number of hydrogen-bond acceptors (Lipinski definition) is 3. The number of H-pyrrole nitrogens is 2. The van der Waals surface area contributed by atoms with Gasteiger partial charge in [-0.15, -0.1) is 0 Å². The third-order valence-corrected chi connectivity index (χ3v) is 4.16. The molecule has 0 saturated carbocycles. The van der Waals surface area contributed by atoms with Crippen molar-refractivity contribution >= 4 is 11.0 Å². The van der Waals surface area contributed by atoms with Gasteiger partial charge in [0, 0.05) is 13.1 Å². The van der Waals surface area contributed by atoms with Crippen molar-refractivity contribution in [2.75, 3.05) is 13.1 Å². The van der Waals surface area contributed by atoms with E-state index in [1.54, 1.807) is 0 Å². The Morgan fingerprint density at radius 1 is 0.889 bits per heavy atom. The molecular formula is C13H13N3O2. The Morgan fingerprint density at radius 3 is 1.89 bits per heavy atom. The summed E-state index contributed by atoms with van der Waals surface area (Å²) in [4.78, 5) is 28.0. The Labute approximate surface area is 102 Å². The van der Waals surface area contributed by atoms with Crippen LogP contribution >= 0.6 is 0 Å². The van der Waals surface area contributed by atoms with E-state index in [0.29, 0.717) is 11.8 Å². The van der Waals surface area contributed by atoms with Crippen LogP contribution in [0.5, 0.6) is 0 Å². The molecule has 2 atom stereocenters. The first-order valence-electron chi connectivity index (χ1n) is 6.23. The van der Waals surface area contributed by atoms with E-state index in [4.69, 9.17) is 0 Å². The highest BCUT2D eigenvalue weighted by Gasteiger charge is 2.34. The lowest BCUT2D eigenvalue weighted by atomic mass is 9.98. The lowest BCUT2D eigenvalue weighted by Gasteiger charge is -2.19. The zero-order valence-corrected chi connectivity index (χ0v) is 9.75. The highest BCUT2D eigenvalue weighted by Crippen LogP contribution is 2.44. The number of fused-ring (bicyclic) bond motifs is 6. The van der Waals surface area contributed by atoms with Gasteiger partial charge < -0.3 is 15.3 Å². The van der Waals surface area contributed by atoms with Gasteiger partial charge >= 0.3 is 11.1 Å². The topological polar surface area (TPSA) is 77.8 Å². The minimum atomic E-state index is -0.582. The lowest BCUT2D eigenvalue weighted by Crippen LogP contribution is -2.29. The molecule has 2 aliphatic rings. The predicted molar refractivity (Wildman–Crippen MR) is 68.2 cm³/mol. The van der Waals surface area contributed by atoms with Gasteiger partial charge in [0.15, 0.2) is 0 Å². The number of nitrogens with one attached hydrogen (secondary N) is 3. The fourth-order valence-corrected chi connectivity index (χ4v) is 3.32. The number of aromatic amines is 2. The van der Waals surface area contributed by atoms with E-state index < -0.39 is 11.1 Å². The van der Waals surface area contributed by atoms with Crippen molar-refractivity contribution in [3.63, 3.8) is 0 Å². The summed E-state index contributed by atoms with van der Waals surface area (Å²) < 4.78 is 0. The second kappa shape index (κ2) is 3.32. The summed E-state index contributed by atoms with van der Waals surface area (Å²) in [6.07, 6.45) is 1.17. The fraction of sp³-hybridized carbons (Fsp3) is 0.385. The molecule has 0 spiro atoms. The van der Waals surface area contributed by atoms with Gasteiger partial charge in [-0.1, -0.05) is 0 Å². The molecule has 2 bridgehead atoms. The Balaban J connectivity index is 2.05. The average molecular weight is 243 g/mol. The molecule has 0 radical (unpaired) electrons. The van der Waals surface area contributed by atoms with E-state index in [1.807, 2.05) is 12.1 Å². The van der Waals surface area contributed by atoms with E-state index in [1.165, 1.54) is 17.5 Å². The third kappa shape index (κ3) is 1.25. The number of rotatable bonds is 0. The largest absolute Gasteiger partial charge is 0.316 e. The van der Waals surface area contributed by atoms with E-state index in [0.717, 1.165) is 24.1 Å². The fourth-order valence-electron chi connectivity index (χ4n) is 3.32. The summed E-state index contributed by atoms with van der Waals surface area (Å²) in [6, 6.07) is 4.05. The van der Waals surface area contributed by atoms with Crippen molar-refractivity contribution in [3.8, 4) is 0 Å². The molecule has 18 heavy (non-hydrogen) atoms. The van der Waals surface area contributed by atoms with E-state index in [2.05, 4.69) is 15.3 Å². The normalized spacial score (nSPS) is 25.3. The maximum atomic E-state index is 11.3. The van der Waals surface area contributed by atoms with Crippen LogP contribution in [0.4, 0.5) is 0 Å². The van der Waals surface area contributed by atoms with Gasteiger partial charge in [-0.2, -0.15) is 0 Å². The Hall–Kier alpha value is -1.88. The van der Waals surface area contributed by atoms with Crippen molar-refractivity contribution in [3.05, 3.63) is 44.0 Å². The van der Waals surface area contributed by atoms with Crippen molar-refractivity contribution in [1.29, 1.82) is 0 Å². The number of hydrogen-bond donors (Lipinski definition) is 3. The van der Waals surface area contributed by atoms with Crippen LogP contribution in [0.3, 0.4) is 0 Å². The number of aromatic nitrogens is 2. The highest BCUT2D eigenvalue weighted by atomic mass is 16.2. The first-order valence-corrected chi connectivity index (χ1v) is 6.23. The molecule has 1 aliphatic carbocycles. The monoisotopic (exact) mass is 243 g/mol. The molecule has 5 heteroatoms. The molecular weight excluding hydrogens is 230 g/mol. The Kier molecular flexibility index (Phi) is 1.86. The molecule has 2 unspecified atom stereocenters. The SMILES string of the molecule is O=c1[nH]c2cc3c(cc2[nH]c1=O)C1CNCC3C1. The number of benzene rings is 1. The van der Waals surface area contributed by atoms with Crippen LogP contribution < -0.4 is 16.4 Å². The van der Waals surface area contributed by atoms with Gasteiger partial charge in [0.1, 0.15) is 0 Å². The van der Waals surface area contributed by atoms with E-state index in [-0.39, 0.29) is 0 Å². The molecule has 0 amide bonds. The maximum Gasteiger partial charge on any atom is 0.314 e. The maximum absolute atomic E-state index is 11.3. The molecule has 1 aromatic heterocycles. The summed E-state index contributed by atoms with van der Waals surface area (Å²) in [5, 5.41) is 3.43. The van der Waals surface area contributed by atoms with Crippen molar-refractivity contribution in [2.24, 2.45) is 0 Å². The van der Waals surface area contributed by atoms with Crippen molar-refractivity contribution < 1.29 is 0 Å². The molecule has 4 rings (SSSR count). The predicted octanol–water partition coefficient (Wildman–Crippen LogP) is 0.390. The van der Waals surface area contributed by atoms with Crippen molar-refractivity contribution in [1.82, 2.24) is 15.3 Å². The van der Waals surface area contributed by atoms with Gasteiger partial charge in [-0.3, -0.25) is 9.59 Å². The molecule has 2 aromatic rings. The van der Waals surface area contributed by atoms with Crippen LogP contribution in [0.25, 0.3) is 11.0 Å². The standard InChI is InChI=1S/C13H13N3O2/c17-12-13(18)16-11-3-9-7-1-6(4-14-5-7)8(9)2-10(11)15-12/h2-3,6-7,14H,1,4-5H2,(H,15,17)(H,16,18). The molecule has 1 fully saturated rings. The zero-order valence-electron chi connectivity index (χ0n) is 9.75. The Morgan fingerprint density at radius 2 is 1.39 bits per heavy atom. The van der Waals surface area contributed by atoms with Crippen LogP contribution in [0, 0.1) is 0 Å². The molecule has 1 saturated heterocycles. The summed E-state index contributed by atoms with van der Waals surface area (Å²) in [5.41, 5.74) is 2.93. The first-order chi connectivity index (χ1) is 8.72. The number of piperidine rings is 1. The first kappa shape index (κ1) is 10.1. The summed E-state index contributed by atoms with van der Waals surface area (Å²) in [5.74, 6) is 1.08. The van der Waals surface area contributed by atoms with Gasteiger partial charge in [0.25, 0.3) is 0 Å². The average Bonchev–Trinajstić information content (AvgIpc) is 2.61. The second-order valence-corrected chi connectivity index (χ2v) is 5.22. The zero-order chi connectivity index (χ0) is 12.3. The molecule has 1 aliphatic heterocycles. The minimum Gasteiger partial charge on any atom is -0.316 e. The third-order valence-electron chi connectivity index (χ3n) is 4.16. The van der Waals surface area contributed by atoms with Crippen LogP contribution in [0.1, 0.15) is 29.4 Å².